The van der Waals surface area contributed by atoms with Gasteiger partial charge in [-0.05, 0) is 30.4 Å². The third-order valence-corrected chi connectivity index (χ3v) is 5.69. The molecular formula is C23H25NO2. The Kier molecular flexibility index (Phi) is 4.64. The number of amides is 1. The Labute approximate surface area is 155 Å². The summed E-state index contributed by atoms with van der Waals surface area (Å²) in [5, 5.41) is 0. The molecule has 3 atom stereocenters. The second kappa shape index (κ2) is 7.08. The number of allylic oxidation sites excluding steroid dienone is 1. The number of benzene rings is 2. The molecule has 2 aromatic rings. The average Bonchev–Trinajstić information content (AvgIpc) is 3.15. The minimum Gasteiger partial charge on any atom is -0.360 e. The lowest BCUT2D eigenvalue weighted by molar-refractivity contribution is -0.177. The summed E-state index contributed by atoms with van der Waals surface area (Å²) in [7, 11) is 0. The van der Waals surface area contributed by atoms with Crippen LogP contribution in [-0.2, 0) is 22.7 Å². The molecule has 0 saturated carbocycles. The highest BCUT2D eigenvalue weighted by Gasteiger charge is 2.52. The number of hydrogen-bond donors (Lipinski definition) is 0. The third kappa shape index (κ3) is 3.19. The van der Waals surface area contributed by atoms with E-state index in [1.807, 2.05) is 60.4 Å². The zero-order valence-corrected chi connectivity index (χ0v) is 15.2. The summed E-state index contributed by atoms with van der Waals surface area (Å²) >= 11 is 0. The van der Waals surface area contributed by atoms with Gasteiger partial charge in [-0.1, -0.05) is 72.8 Å². The number of nitrogens with zero attached hydrogens (tertiary/aromatic N) is 1. The molecule has 4 rings (SSSR count). The van der Waals surface area contributed by atoms with Gasteiger partial charge < -0.3 is 9.64 Å². The van der Waals surface area contributed by atoms with E-state index in [4.69, 9.17) is 4.74 Å². The van der Waals surface area contributed by atoms with Crippen molar-refractivity contribution in [2.45, 2.75) is 32.1 Å². The van der Waals surface area contributed by atoms with Crippen molar-refractivity contribution in [2.24, 2.45) is 11.8 Å². The smallest absolute Gasteiger partial charge is 0.255 e. The van der Waals surface area contributed by atoms with Gasteiger partial charge in [0.1, 0.15) is 0 Å². The van der Waals surface area contributed by atoms with Crippen molar-refractivity contribution in [3.63, 3.8) is 0 Å². The largest absolute Gasteiger partial charge is 0.360 e. The maximum absolute atomic E-state index is 13.4. The van der Waals surface area contributed by atoms with Crippen LogP contribution in [0.4, 0.5) is 0 Å². The highest BCUT2D eigenvalue weighted by molar-refractivity contribution is 5.86. The van der Waals surface area contributed by atoms with Gasteiger partial charge in [-0.3, -0.25) is 4.79 Å². The van der Waals surface area contributed by atoms with Crippen LogP contribution in [0.3, 0.4) is 0 Å². The first-order valence-electron chi connectivity index (χ1n) is 9.34. The molecule has 1 aliphatic heterocycles. The number of likely N-dealkylation sites (tertiary alicyclic amines) is 1. The predicted octanol–water partition coefficient (Wildman–Crippen LogP) is 4.20. The summed E-state index contributed by atoms with van der Waals surface area (Å²) in [6.07, 6.45) is 5.42. The standard InChI is InChI=1S/C23H25NO2/c1-23(26-17-19-11-6-3-7-12-19)21-14-8-13-20(21)16-24(22(23)25)15-18-9-4-2-5-10-18/h2-12,14,20-21H,13,15-17H2,1H3/t20-,21-,23-/m1/s1. The zero-order chi connectivity index (χ0) is 18.0. The normalized spacial score (nSPS) is 27.6. The van der Waals surface area contributed by atoms with Crippen molar-refractivity contribution >= 4 is 5.91 Å². The molecule has 1 amide bonds. The lowest BCUT2D eigenvalue weighted by Crippen LogP contribution is -2.60. The van der Waals surface area contributed by atoms with Gasteiger partial charge in [0.2, 0.25) is 0 Å². The number of fused-ring (bicyclic) bond motifs is 1. The highest BCUT2D eigenvalue weighted by Crippen LogP contribution is 2.42. The van der Waals surface area contributed by atoms with E-state index in [9.17, 15) is 4.79 Å². The quantitative estimate of drug-likeness (QED) is 0.759. The molecule has 1 aliphatic carbocycles. The first-order chi connectivity index (χ1) is 12.7. The van der Waals surface area contributed by atoms with E-state index in [0.717, 1.165) is 24.1 Å². The van der Waals surface area contributed by atoms with Gasteiger partial charge in [-0.15, -0.1) is 0 Å². The van der Waals surface area contributed by atoms with Crippen molar-refractivity contribution in [1.82, 2.24) is 4.90 Å². The summed E-state index contributed by atoms with van der Waals surface area (Å²) in [6, 6.07) is 20.3. The van der Waals surface area contributed by atoms with E-state index in [2.05, 4.69) is 24.3 Å². The first-order valence-corrected chi connectivity index (χ1v) is 9.34. The van der Waals surface area contributed by atoms with Crippen LogP contribution in [0.2, 0.25) is 0 Å². The second-order valence-electron chi connectivity index (χ2n) is 7.50. The fourth-order valence-electron chi connectivity index (χ4n) is 4.25. The van der Waals surface area contributed by atoms with Crippen molar-refractivity contribution in [2.75, 3.05) is 6.54 Å². The van der Waals surface area contributed by atoms with E-state index in [1.54, 1.807) is 0 Å². The topological polar surface area (TPSA) is 29.5 Å². The average molecular weight is 347 g/mol. The Morgan fingerprint density at radius 3 is 2.38 bits per heavy atom. The van der Waals surface area contributed by atoms with E-state index in [1.165, 1.54) is 0 Å². The van der Waals surface area contributed by atoms with Gasteiger partial charge in [-0.2, -0.15) is 0 Å². The van der Waals surface area contributed by atoms with Crippen LogP contribution in [0.15, 0.2) is 72.8 Å². The van der Waals surface area contributed by atoms with Gasteiger partial charge in [0.25, 0.3) is 5.91 Å². The molecular weight excluding hydrogens is 322 g/mol. The van der Waals surface area contributed by atoms with E-state index >= 15 is 0 Å². The lowest BCUT2D eigenvalue weighted by atomic mass is 9.76. The number of piperidine rings is 1. The molecule has 0 spiro atoms. The van der Waals surface area contributed by atoms with E-state index < -0.39 is 5.60 Å². The van der Waals surface area contributed by atoms with Gasteiger partial charge in [0, 0.05) is 19.0 Å². The monoisotopic (exact) mass is 347 g/mol. The Hall–Kier alpha value is -2.39. The molecule has 26 heavy (non-hydrogen) atoms. The minimum absolute atomic E-state index is 0.102. The molecule has 3 heteroatoms. The number of ether oxygens (including phenoxy) is 1. The lowest BCUT2D eigenvalue weighted by Gasteiger charge is -2.46. The highest BCUT2D eigenvalue weighted by atomic mass is 16.5. The molecule has 0 aromatic heterocycles. The van der Waals surface area contributed by atoms with Crippen LogP contribution in [0, 0.1) is 11.8 Å². The summed E-state index contributed by atoms with van der Waals surface area (Å²) in [4.78, 5) is 15.4. The first kappa shape index (κ1) is 17.0. The number of rotatable bonds is 5. The molecule has 3 nitrogen and oxygen atoms in total. The number of carbonyl (C=O) groups is 1. The molecule has 1 saturated heterocycles. The summed E-state index contributed by atoms with van der Waals surface area (Å²) in [5.74, 6) is 0.702. The molecule has 134 valence electrons. The van der Waals surface area contributed by atoms with Crippen LogP contribution in [0.5, 0.6) is 0 Å². The van der Waals surface area contributed by atoms with Crippen LogP contribution in [0.1, 0.15) is 24.5 Å². The molecule has 0 N–H and O–H groups in total. The minimum atomic E-state index is -0.805. The number of carbonyl (C=O) groups excluding carboxylic acids is 1. The fourth-order valence-corrected chi connectivity index (χ4v) is 4.25. The Morgan fingerprint density at radius 1 is 1.04 bits per heavy atom. The van der Waals surface area contributed by atoms with Crippen molar-refractivity contribution in [1.29, 1.82) is 0 Å². The van der Waals surface area contributed by atoms with Crippen LogP contribution in [-0.4, -0.2) is 23.0 Å². The van der Waals surface area contributed by atoms with Crippen molar-refractivity contribution in [3.05, 3.63) is 83.9 Å². The fraction of sp³-hybridized carbons (Fsp3) is 0.348. The molecule has 0 bridgehead atoms. The van der Waals surface area contributed by atoms with Gasteiger partial charge in [-0.25, -0.2) is 0 Å². The van der Waals surface area contributed by atoms with Crippen LogP contribution in [0.25, 0.3) is 0 Å². The maximum atomic E-state index is 13.4. The predicted molar refractivity (Wildman–Crippen MR) is 102 cm³/mol. The van der Waals surface area contributed by atoms with Crippen LogP contribution >= 0.6 is 0 Å². The summed E-state index contributed by atoms with van der Waals surface area (Å²) in [6.45, 7) is 3.88. The molecule has 2 aliphatic rings. The van der Waals surface area contributed by atoms with E-state index in [-0.39, 0.29) is 11.8 Å². The van der Waals surface area contributed by atoms with Gasteiger partial charge >= 0.3 is 0 Å². The molecule has 0 radical (unpaired) electrons. The van der Waals surface area contributed by atoms with Crippen molar-refractivity contribution < 1.29 is 9.53 Å². The molecule has 1 fully saturated rings. The van der Waals surface area contributed by atoms with Crippen molar-refractivity contribution in [3.8, 4) is 0 Å². The molecule has 2 aromatic carbocycles. The Bertz CT molecular complexity index is 786. The summed E-state index contributed by atoms with van der Waals surface area (Å²) in [5.41, 5.74) is 1.46. The second-order valence-corrected chi connectivity index (χ2v) is 7.50. The third-order valence-electron chi connectivity index (χ3n) is 5.69. The maximum Gasteiger partial charge on any atom is 0.255 e. The van der Waals surface area contributed by atoms with Gasteiger partial charge in [0.05, 0.1) is 6.61 Å². The Morgan fingerprint density at radius 2 is 1.69 bits per heavy atom. The van der Waals surface area contributed by atoms with E-state index in [0.29, 0.717) is 19.1 Å². The number of hydrogen-bond acceptors (Lipinski definition) is 2. The Balaban J connectivity index is 1.56. The molecule has 1 heterocycles. The van der Waals surface area contributed by atoms with Gasteiger partial charge in [0.15, 0.2) is 5.60 Å². The SMILES string of the molecule is C[C@]1(OCc2ccccc2)C(=O)N(Cc2ccccc2)C[C@H]2CC=C[C@H]21. The van der Waals surface area contributed by atoms with Crippen LogP contribution < -0.4 is 0 Å². The summed E-state index contributed by atoms with van der Waals surface area (Å²) < 4.78 is 6.31. The molecule has 0 unspecified atom stereocenters. The zero-order valence-electron chi connectivity index (χ0n) is 15.2.